The molecular weight excluding hydrogens is 258 g/mol. The second-order valence-electron chi connectivity index (χ2n) is 5.87. The summed E-state index contributed by atoms with van der Waals surface area (Å²) in [6, 6.07) is 0. The van der Waals surface area contributed by atoms with Gasteiger partial charge in [-0.05, 0) is 12.8 Å². The molecule has 0 aromatic heterocycles. The van der Waals surface area contributed by atoms with Gasteiger partial charge in [-0.2, -0.15) is 0 Å². The van der Waals surface area contributed by atoms with Gasteiger partial charge in [0.25, 0.3) is 0 Å². The Morgan fingerprint density at radius 2 is 1.80 bits per heavy atom. The summed E-state index contributed by atoms with van der Waals surface area (Å²) in [4.78, 5) is 27.8. The van der Waals surface area contributed by atoms with E-state index in [0.29, 0.717) is 26.3 Å². The zero-order chi connectivity index (χ0) is 14.6. The van der Waals surface area contributed by atoms with Crippen molar-refractivity contribution in [3.63, 3.8) is 0 Å². The molecule has 0 radical (unpaired) electrons. The minimum Gasteiger partial charge on any atom is -0.378 e. The molecule has 114 valence electrons. The summed E-state index contributed by atoms with van der Waals surface area (Å²) in [5.74, 6) is -0.123. The van der Waals surface area contributed by atoms with Crippen LogP contribution >= 0.6 is 0 Å². The lowest BCUT2D eigenvalue weighted by atomic mass is 9.81. The van der Waals surface area contributed by atoms with Crippen LogP contribution < -0.4 is 5.73 Å². The van der Waals surface area contributed by atoms with Crippen LogP contribution in [0.25, 0.3) is 0 Å². The highest BCUT2D eigenvalue weighted by Gasteiger charge is 2.38. The SMILES string of the molecule is CN(CC(=O)N1CCOCC1)C(=O)C1(N)CCCCC1. The molecule has 0 aromatic rings. The Bertz CT molecular complexity index is 361. The van der Waals surface area contributed by atoms with E-state index >= 15 is 0 Å². The first-order valence-electron chi connectivity index (χ1n) is 7.43. The van der Waals surface area contributed by atoms with E-state index in [1.807, 2.05) is 0 Å². The van der Waals surface area contributed by atoms with Gasteiger partial charge in [0.1, 0.15) is 0 Å². The summed E-state index contributed by atoms with van der Waals surface area (Å²) in [6.07, 6.45) is 4.58. The molecule has 1 aliphatic heterocycles. The zero-order valence-corrected chi connectivity index (χ0v) is 12.3. The fourth-order valence-electron chi connectivity index (χ4n) is 2.96. The molecule has 2 rings (SSSR count). The van der Waals surface area contributed by atoms with Crippen molar-refractivity contribution in [2.75, 3.05) is 39.9 Å². The van der Waals surface area contributed by atoms with Crippen molar-refractivity contribution in [2.45, 2.75) is 37.6 Å². The third-order valence-corrected chi connectivity index (χ3v) is 4.25. The van der Waals surface area contributed by atoms with Crippen molar-refractivity contribution in [1.29, 1.82) is 0 Å². The molecule has 1 saturated heterocycles. The molecule has 20 heavy (non-hydrogen) atoms. The van der Waals surface area contributed by atoms with Crippen molar-refractivity contribution < 1.29 is 14.3 Å². The number of hydrogen-bond donors (Lipinski definition) is 1. The molecule has 2 fully saturated rings. The van der Waals surface area contributed by atoms with Crippen LogP contribution in [0, 0.1) is 0 Å². The molecular formula is C14H25N3O3. The Morgan fingerprint density at radius 3 is 2.40 bits per heavy atom. The van der Waals surface area contributed by atoms with Crippen molar-refractivity contribution in [3.8, 4) is 0 Å². The zero-order valence-electron chi connectivity index (χ0n) is 12.3. The molecule has 2 N–H and O–H groups in total. The standard InChI is InChI=1S/C14H25N3O3/c1-16(11-12(18)17-7-9-20-10-8-17)13(19)14(15)5-3-2-4-6-14/h2-11,15H2,1H3. The van der Waals surface area contributed by atoms with Crippen LogP contribution in [-0.2, 0) is 14.3 Å². The van der Waals surface area contributed by atoms with E-state index in [2.05, 4.69) is 0 Å². The molecule has 2 aliphatic rings. The van der Waals surface area contributed by atoms with Gasteiger partial charge in [-0.1, -0.05) is 19.3 Å². The maximum Gasteiger partial charge on any atom is 0.242 e. The number of hydrogen-bond acceptors (Lipinski definition) is 4. The number of rotatable bonds is 3. The number of carbonyl (C=O) groups excluding carboxylic acids is 2. The Morgan fingerprint density at radius 1 is 1.20 bits per heavy atom. The van der Waals surface area contributed by atoms with Crippen molar-refractivity contribution in [2.24, 2.45) is 5.73 Å². The Kier molecular flexibility index (Phi) is 4.99. The first kappa shape index (κ1) is 15.3. The van der Waals surface area contributed by atoms with Gasteiger partial charge in [-0.25, -0.2) is 0 Å². The summed E-state index contributed by atoms with van der Waals surface area (Å²) >= 11 is 0. The fourth-order valence-corrected chi connectivity index (χ4v) is 2.96. The lowest BCUT2D eigenvalue weighted by Crippen LogP contribution is -2.57. The number of amides is 2. The summed E-state index contributed by atoms with van der Waals surface area (Å²) in [5.41, 5.74) is 5.46. The van der Waals surface area contributed by atoms with Gasteiger partial charge in [0.15, 0.2) is 0 Å². The molecule has 0 unspecified atom stereocenters. The van der Waals surface area contributed by atoms with E-state index in [4.69, 9.17) is 10.5 Å². The molecule has 1 heterocycles. The van der Waals surface area contributed by atoms with Crippen molar-refractivity contribution in [1.82, 2.24) is 9.80 Å². The van der Waals surface area contributed by atoms with Crippen LogP contribution in [-0.4, -0.2) is 67.0 Å². The van der Waals surface area contributed by atoms with E-state index < -0.39 is 5.54 Å². The van der Waals surface area contributed by atoms with E-state index in [-0.39, 0.29) is 18.4 Å². The monoisotopic (exact) mass is 283 g/mol. The van der Waals surface area contributed by atoms with Crippen LogP contribution in [0.1, 0.15) is 32.1 Å². The molecule has 2 amide bonds. The topological polar surface area (TPSA) is 75.9 Å². The van der Waals surface area contributed by atoms with Crippen LogP contribution in [0.3, 0.4) is 0 Å². The highest BCUT2D eigenvalue weighted by Crippen LogP contribution is 2.27. The number of nitrogens with zero attached hydrogens (tertiary/aromatic N) is 2. The lowest BCUT2D eigenvalue weighted by Gasteiger charge is -2.36. The number of likely N-dealkylation sites (N-methyl/N-ethyl adjacent to an activating group) is 1. The van der Waals surface area contributed by atoms with Crippen molar-refractivity contribution in [3.05, 3.63) is 0 Å². The summed E-state index contributed by atoms with van der Waals surface area (Å²) in [7, 11) is 1.67. The first-order valence-corrected chi connectivity index (χ1v) is 7.43. The van der Waals surface area contributed by atoms with Crippen LogP contribution in [0.15, 0.2) is 0 Å². The van der Waals surface area contributed by atoms with Gasteiger partial charge in [0.05, 0.1) is 25.3 Å². The van der Waals surface area contributed by atoms with Crippen LogP contribution in [0.2, 0.25) is 0 Å². The average Bonchev–Trinajstić information content (AvgIpc) is 2.48. The van der Waals surface area contributed by atoms with Gasteiger partial charge in [0, 0.05) is 20.1 Å². The second-order valence-corrected chi connectivity index (χ2v) is 5.87. The molecule has 6 heteroatoms. The molecule has 0 aromatic carbocycles. The summed E-state index contributed by atoms with van der Waals surface area (Å²) in [6.45, 7) is 2.47. The molecule has 6 nitrogen and oxygen atoms in total. The molecule has 0 spiro atoms. The minimum absolute atomic E-state index is 0.0245. The largest absolute Gasteiger partial charge is 0.378 e. The maximum atomic E-state index is 12.4. The maximum absolute atomic E-state index is 12.4. The quantitative estimate of drug-likeness (QED) is 0.789. The smallest absolute Gasteiger partial charge is 0.242 e. The van der Waals surface area contributed by atoms with E-state index in [9.17, 15) is 9.59 Å². The number of ether oxygens (including phenoxy) is 1. The lowest BCUT2D eigenvalue weighted by molar-refractivity contribution is -0.145. The normalized spacial score (nSPS) is 22.4. The van der Waals surface area contributed by atoms with E-state index in [1.165, 1.54) is 4.90 Å². The predicted molar refractivity (Wildman–Crippen MR) is 75.0 cm³/mol. The number of nitrogens with two attached hydrogens (primary N) is 1. The minimum atomic E-state index is -0.766. The van der Waals surface area contributed by atoms with Crippen LogP contribution in [0.5, 0.6) is 0 Å². The Balaban J connectivity index is 1.88. The Hall–Kier alpha value is -1.14. The van der Waals surface area contributed by atoms with Crippen molar-refractivity contribution >= 4 is 11.8 Å². The second kappa shape index (κ2) is 6.54. The summed E-state index contributed by atoms with van der Waals surface area (Å²) in [5, 5.41) is 0. The summed E-state index contributed by atoms with van der Waals surface area (Å²) < 4.78 is 5.22. The average molecular weight is 283 g/mol. The molecule has 0 bridgehead atoms. The highest BCUT2D eigenvalue weighted by molar-refractivity contribution is 5.90. The number of carbonyl (C=O) groups is 2. The third kappa shape index (κ3) is 3.49. The van der Waals surface area contributed by atoms with Gasteiger partial charge in [-0.15, -0.1) is 0 Å². The van der Waals surface area contributed by atoms with E-state index in [1.54, 1.807) is 11.9 Å². The van der Waals surface area contributed by atoms with Gasteiger partial charge >= 0.3 is 0 Å². The third-order valence-electron chi connectivity index (χ3n) is 4.25. The fraction of sp³-hybridized carbons (Fsp3) is 0.857. The van der Waals surface area contributed by atoms with E-state index in [0.717, 1.165) is 32.1 Å². The van der Waals surface area contributed by atoms with Gasteiger partial charge < -0.3 is 20.3 Å². The van der Waals surface area contributed by atoms with Crippen LogP contribution in [0.4, 0.5) is 0 Å². The molecule has 1 aliphatic carbocycles. The molecule has 1 saturated carbocycles. The first-order chi connectivity index (χ1) is 9.53. The highest BCUT2D eigenvalue weighted by atomic mass is 16.5. The number of morpholine rings is 1. The predicted octanol–water partition coefficient (Wildman–Crippen LogP) is -0.0348. The Labute approximate surface area is 120 Å². The van der Waals surface area contributed by atoms with Gasteiger partial charge in [-0.3, -0.25) is 9.59 Å². The molecule has 0 atom stereocenters. The van der Waals surface area contributed by atoms with Gasteiger partial charge in [0.2, 0.25) is 11.8 Å².